The van der Waals surface area contributed by atoms with Gasteiger partial charge in [-0.1, -0.05) is 29.5 Å². The molecule has 23 heavy (non-hydrogen) atoms. The largest absolute Gasteiger partial charge is 0.479 e. The minimum absolute atomic E-state index is 0.171. The molecule has 8 nitrogen and oxygen atoms in total. The van der Waals surface area contributed by atoms with Crippen molar-refractivity contribution in [2.45, 2.75) is 37.8 Å². The fourth-order valence-corrected chi connectivity index (χ4v) is 2.79. The summed E-state index contributed by atoms with van der Waals surface area (Å²) in [7, 11) is 1.61. The zero-order chi connectivity index (χ0) is 17.6. The quantitative estimate of drug-likeness (QED) is 0.231. The van der Waals surface area contributed by atoms with Gasteiger partial charge in [-0.05, 0) is 29.6 Å². The highest BCUT2D eigenvalue weighted by atomic mass is 127. The molecule has 3 amide bonds. The number of carbonyl (C=O) groups excluding carboxylic acids is 2. The maximum absolute atomic E-state index is 12.1. The second kappa shape index (κ2) is 8.67. The molecule has 0 bridgehead atoms. The van der Waals surface area contributed by atoms with Gasteiger partial charge in [0.05, 0.1) is 6.61 Å². The first kappa shape index (κ1) is 19.9. The van der Waals surface area contributed by atoms with E-state index in [0.29, 0.717) is 13.0 Å². The maximum atomic E-state index is 12.1. The van der Waals surface area contributed by atoms with E-state index in [-0.39, 0.29) is 5.92 Å². The van der Waals surface area contributed by atoms with Crippen LogP contribution in [0.25, 0.3) is 0 Å². The molecular formula is C14H24IN3O5. The highest BCUT2D eigenvalue weighted by Crippen LogP contribution is 2.43. The Morgan fingerprint density at radius 3 is 2.43 bits per heavy atom. The molecule has 1 rings (SSSR count). The van der Waals surface area contributed by atoms with Crippen LogP contribution in [-0.2, 0) is 9.59 Å². The monoisotopic (exact) mass is 441 g/mol. The Balaban J connectivity index is 2.54. The van der Waals surface area contributed by atoms with Gasteiger partial charge in [-0.2, -0.15) is 0 Å². The molecule has 0 aromatic heterocycles. The minimum Gasteiger partial charge on any atom is -0.479 e. The van der Waals surface area contributed by atoms with Crippen LogP contribution in [0.4, 0.5) is 4.79 Å². The van der Waals surface area contributed by atoms with Crippen molar-refractivity contribution in [3.8, 4) is 0 Å². The number of amides is 3. The van der Waals surface area contributed by atoms with Gasteiger partial charge in [0.2, 0.25) is 5.91 Å². The highest BCUT2D eigenvalue weighted by Gasteiger charge is 2.59. The lowest BCUT2D eigenvalue weighted by Crippen LogP contribution is -2.56. The third-order valence-electron chi connectivity index (χ3n) is 4.06. The predicted molar refractivity (Wildman–Crippen MR) is 92.4 cm³/mol. The van der Waals surface area contributed by atoms with Crippen LogP contribution in [0.2, 0.25) is 0 Å². The standard InChI is InChI=1S/C14H24IN3O5/c1-9-7-14(9,12(21)22)17-11(20)10(8-19)16-13(23)18(2)6-4-3-5-15/h9-10,19H,3-8H2,1-2H3,(H,16,23)(H,17,20)(H,21,22)/t9-,10+,14-/m1/s1. The van der Waals surface area contributed by atoms with Crippen molar-refractivity contribution in [3.63, 3.8) is 0 Å². The second-order valence-electron chi connectivity index (χ2n) is 5.87. The van der Waals surface area contributed by atoms with E-state index < -0.39 is 36.1 Å². The van der Waals surface area contributed by atoms with E-state index >= 15 is 0 Å². The van der Waals surface area contributed by atoms with Crippen LogP contribution in [0.15, 0.2) is 0 Å². The number of hydrogen-bond acceptors (Lipinski definition) is 4. The zero-order valence-corrected chi connectivity index (χ0v) is 15.5. The summed E-state index contributed by atoms with van der Waals surface area (Å²) in [4.78, 5) is 36.8. The number of aliphatic carboxylic acids is 1. The molecule has 0 saturated heterocycles. The van der Waals surface area contributed by atoms with E-state index in [1.165, 1.54) is 4.90 Å². The van der Waals surface area contributed by atoms with Crippen molar-refractivity contribution in [3.05, 3.63) is 0 Å². The normalized spacial score (nSPS) is 23.7. The van der Waals surface area contributed by atoms with Crippen LogP contribution >= 0.6 is 22.6 Å². The number of urea groups is 1. The van der Waals surface area contributed by atoms with Crippen molar-refractivity contribution in [1.29, 1.82) is 0 Å². The summed E-state index contributed by atoms with van der Waals surface area (Å²) in [6, 6.07) is -1.64. The lowest BCUT2D eigenvalue weighted by atomic mass is 10.2. The molecule has 1 fully saturated rings. The number of rotatable bonds is 9. The molecule has 0 aromatic carbocycles. The van der Waals surface area contributed by atoms with Gasteiger partial charge in [-0.25, -0.2) is 9.59 Å². The lowest BCUT2D eigenvalue weighted by Gasteiger charge is -2.23. The highest BCUT2D eigenvalue weighted by molar-refractivity contribution is 14.1. The molecule has 0 heterocycles. The summed E-state index contributed by atoms with van der Waals surface area (Å²) >= 11 is 2.26. The lowest BCUT2D eigenvalue weighted by molar-refractivity contribution is -0.144. The molecule has 0 spiro atoms. The Morgan fingerprint density at radius 2 is 2.00 bits per heavy atom. The third kappa shape index (κ3) is 5.20. The van der Waals surface area contributed by atoms with Gasteiger partial charge in [0.1, 0.15) is 11.6 Å². The van der Waals surface area contributed by atoms with Crippen molar-refractivity contribution < 1.29 is 24.6 Å². The molecule has 1 aliphatic rings. The molecule has 0 radical (unpaired) electrons. The third-order valence-corrected chi connectivity index (χ3v) is 4.82. The smallest absolute Gasteiger partial charge is 0.329 e. The van der Waals surface area contributed by atoms with Crippen molar-refractivity contribution in [1.82, 2.24) is 15.5 Å². The zero-order valence-electron chi connectivity index (χ0n) is 13.3. The Morgan fingerprint density at radius 1 is 1.39 bits per heavy atom. The number of carbonyl (C=O) groups is 3. The van der Waals surface area contributed by atoms with E-state index in [0.717, 1.165) is 17.3 Å². The Hall–Kier alpha value is -1.10. The molecule has 0 aromatic rings. The number of carboxylic acid groups (broad SMARTS) is 1. The van der Waals surface area contributed by atoms with Crippen LogP contribution in [0, 0.1) is 5.92 Å². The first-order valence-corrected chi connectivity index (χ1v) is 9.05. The molecule has 0 unspecified atom stereocenters. The molecule has 0 aliphatic heterocycles. The Bertz CT molecular complexity index is 462. The number of nitrogens with one attached hydrogen (secondary N) is 2. The molecule has 1 aliphatic carbocycles. The first-order chi connectivity index (χ1) is 10.8. The topological polar surface area (TPSA) is 119 Å². The minimum atomic E-state index is -1.28. The number of alkyl halides is 1. The van der Waals surface area contributed by atoms with E-state index in [1.807, 2.05) is 0 Å². The summed E-state index contributed by atoms with van der Waals surface area (Å²) in [5, 5.41) is 23.4. The maximum Gasteiger partial charge on any atom is 0.329 e. The fraction of sp³-hybridized carbons (Fsp3) is 0.786. The number of unbranched alkanes of at least 4 members (excludes halogenated alkanes) is 1. The van der Waals surface area contributed by atoms with Crippen molar-refractivity contribution in [2.75, 3.05) is 24.6 Å². The summed E-state index contributed by atoms with van der Waals surface area (Å²) < 4.78 is 1.00. The number of hydrogen-bond donors (Lipinski definition) is 4. The fourth-order valence-electron chi connectivity index (χ4n) is 2.26. The van der Waals surface area contributed by atoms with Crippen LogP contribution in [-0.4, -0.2) is 69.2 Å². The SMILES string of the molecule is C[C@@H]1C[C@]1(NC(=O)[C@H](CO)NC(=O)N(C)CCCCI)C(=O)O. The first-order valence-electron chi connectivity index (χ1n) is 7.52. The summed E-state index contributed by atoms with van der Waals surface area (Å²) in [5.74, 6) is -1.96. The summed E-state index contributed by atoms with van der Waals surface area (Å²) in [5.41, 5.74) is -1.28. The van der Waals surface area contributed by atoms with Crippen LogP contribution in [0.5, 0.6) is 0 Å². The summed E-state index contributed by atoms with van der Waals surface area (Å²) in [6.45, 7) is 1.68. The number of aliphatic hydroxyl groups is 1. The number of carboxylic acids is 1. The van der Waals surface area contributed by atoms with E-state index in [9.17, 15) is 24.6 Å². The van der Waals surface area contributed by atoms with Gasteiger partial charge in [-0.15, -0.1) is 0 Å². The average molecular weight is 441 g/mol. The predicted octanol–water partition coefficient (Wildman–Crippen LogP) is 0.183. The van der Waals surface area contributed by atoms with Crippen LogP contribution in [0.3, 0.4) is 0 Å². The molecular weight excluding hydrogens is 417 g/mol. The van der Waals surface area contributed by atoms with Gasteiger partial charge in [0, 0.05) is 13.6 Å². The summed E-state index contributed by atoms with van der Waals surface area (Å²) in [6.07, 6.45) is 2.18. The van der Waals surface area contributed by atoms with Gasteiger partial charge in [-0.3, -0.25) is 4.79 Å². The molecule has 4 N–H and O–H groups in total. The number of aliphatic hydroxyl groups excluding tert-OH is 1. The molecule has 1 saturated carbocycles. The second-order valence-corrected chi connectivity index (χ2v) is 6.95. The molecule has 9 heteroatoms. The average Bonchev–Trinajstić information content (AvgIpc) is 3.15. The van der Waals surface area contributed by atoms with Gasteiger partial charge < -0.3 is 25.7 Å². The Labute approximate surface area is 149 Å². The Kier molecular flexibility index (Phi) is 7.52. The van der Waals surface area contributed by atoms with Gasteiger partial charge in [0.15, 0.2) is 0 Å². The van der Waals surface area contributed by atoms with Crippen LogP contribution < -0.4 is 10.6 Å². The van der Waals surface area contributed by atoms with E-state index in [1.54, 1.807) is 14.0 Å². The van der Waals surface area contributed by atoms with E-state index in [2.05, 4.69) is 33.2 Å². The number of halogens is 1. The molecule has 132 valence electrons. The van der Waals surface area contributed by atoms with Gasteiger partial charge in [0.25, 0.3) is 0 Å². The van der Waals surface area contributed by atoms with E-state index in [4.69, 9.17) is 0 Å². The molecule has 3 atom stereocenters. The van der Waals surface area contributed by atoms with Crippen molar-refractivity contribution >= 4 is 40.5 Å². The number of nitrogens with zero attached hydrogens (tertiary/aromatic N) is 1. The van der Waals surface area contributed by atoms with Gasteiger partial charge >= 0.3 is 12.0 Å². The van der Waals surface area contributed by atoms with Crippen molar-refractivity contribution in [2.24, 2.45) is 5.92 Å². The van der Waals surface area contributed by atoms with Crippen LogP contribution in [0.1, 0.15) is 26.2 Å².